The van der Waals surface area contributed by atoms with E-state index in [1.807, 2.05) is 47.1 Å². The van der Waals surface area contributed by atoms with Crippen LogP contribution in [0.5, 0.6) is 5.75 Å². The first-order valence-corrected chi connectivity index (χ1v) is 10.3. The van der Waals surface area contributed by atoms with Gasteiger partial charge in [-0.1, -0.05) is 12.6 Å². The molecule has 3 aromatic heterocycles. The van der Waals surface area contributed by atoms with E-state index in [0.717, 1.165) is 38.1 Å². The Kier molecular flexibility index (Phi) is 5.36. The molecule has 0 fully saturated rings. The SMILES string of the molecule is C=C(Nn1c(-c2cccs2)csc1=Nc1ccc(OC)cc1)c1ccncc1. The van der Waals surface area contributed by atoms with Gasteiger partial charge in [0, 0.05) is 23.3 Å². The molecule has 0 saturated heterocycles. The van der Waals surface area contributed by atoms with Crippen LogP contribution >= 0.6 is 22.7 Å². The van der Waals surface area contributed by atoms with Gasteiger partial charge < -0.3 is 4.74 Å². The van der Waals surface area contributed by atoms with Crippen molar-refractivity contribution in [2.24, 2.45) is 4.99 Å². The van der Waals surface area contributed by atoms with Crippen molar-refractivity contribution in [3.8, 4) is 16.3 Å². The number of nitrogens with one attached hydrogen (secondary N) is 1. The van der Waals surface area contributed by atoms with Crippen LogP contribution in [0.2, 0.25) is 0 Å². The normalized spacial score (nSPS) is 11.4. The van der Waals surface area contributed by atoms with Gasteiger partial charge in [0.15, 0.2) is 0 Å². The zero-order valence-electron chi connectivity index (χ0n) is 15.2. The molecule has 0 aliphatic heterocycles. The number of benzene rings is 1. The van der Waals surface area contributed by atoms with Gasteiger partial charge in [0.1, 0.15) is 5.75 Å². The highest BCUT2D eigenvalue weighted by Crippen LogP contribution is 2.26. The third-order valence-corrected chi connectivity index (χ3v) is 5.77. The molecule has 7 heteroatoms. The van der Waals surface area contributed by atoms with Gasteiger partial charge >= 0.3 is 0 Å². The molecule has 0 aliphatic rings. The van der Waals surface area contributed by atoms with Gasteiger partial charge in [-0.15, -0.1) is 22.7 Å². The maximum Gasteiger partial charge on any atom is 0.209 e. The van der Waals surface area contributed by atoms with Crippen LogP contribution in [-0.4, -0.2) is 16.8 Å². The molecule has 0 amide bonds. The van der Waals surface area contributed by atoms with Gasteiger partial charge in [-0.3, -0.25) is 10.4 Å². The third kappa shape index (κ3) is 3.90. The monoisotopic (exact) mass is 406 g/mol. The molecule has 1 aromatic carbocycles. The first-order chi connectivity index (χ1) is 13.7. The molecular formula is C21H18N4OS2. The van der Waals surface area contributed by atoms with Crippen LogP contribution in [0.3, 0.4) is 0 Å². The second kappa shape index (κ2) is 8.24. The minimum Gasteiger partial charge on any atom is -0.497 e. The molecule has 140 valence electrons. The summed E-state index contributed by atoms with van der Waals surface area (Å²) in [6.45, 7) is 4.18. The quantitative estimate of drug-likeness (QED) is 0.483. The number of rotatable bonds is 6. The van der Waals surface area contributed by atoms with Crippen molar-refractivity contribution < 1.29 is 4.74 Å². The maximum atomic E-state index is 5.23. The standard InChI is InChI=1S/C21H18N4OS2/c1-15(16-9-11-22-12-10-16)24-25-19(20-4-3-13-27-20)14-28-21(25)23-17-5-7-18(26-2)8-6-17/h3-14,24H,1H2,2H3. The van der Waals surface area contributed by atoms with Gasteiger partial charge in [-0.25, -0.2) is 9.67 Å². The van der Waals surface area contributed by atoms with Crippen molar-refractivity contribution in [2.45, 2.75) is 0 Å². The van der Waals surface area contributed by atoms with Crippen LogP contribution in [0.25, 0.3) is 16.3 Å². The average molecular weight is 407 g/mol. The van der Waals surface area contributed by atoms with Gasteiger partial charge in [-0.05, 0) is 47.8 Å². The van der Waals surface area contributed by atoms with Crippen molar-refractivity contribution in [2.75, 3.05) is 12.5 Å². The van der Waals surface area contributed by atoms with Gasteiger partial charge in [0.05, 0.1) is 29.1 Å². The Morgan fingerprint density at radius 3 is 2.57 bits per heavy atom. The summed E-state index contributed by atoms with van der Waals surface area (Å²) in [5, 5.41) is 4.16. The lowest BCUT2D eigenvalue weighted by molar-refractivity contribution is 0.415. The topological polar surface area (TPSA) is 51.4 Å². The van der Waals surface area contributed by atoms with Gasteiger partial charge in [0.2, 0.25) is 4.80 Å². The molecule has 1 N–H and O–H groups in total. The van der Waals surface area contributed by atoms with Crippen LogP contribution in [-0.2, 0) is 0 Å². The van der Waals surface area contributed by atoms with Crippen LogP contribution < -0.4 is 15.0 Å². The molecule has 0 atom stereocenters. The summed E-state index contributed by atoms with van der Waals surface area (Å²) in [4.78, 5) is 10.9. The molecular weight excluding hydrogens is 388 g/mol. The fourth-order valence-electron chi connectivity index (χ4n) is 2.61. The molecule has 4 aromatic rings. The number of thiazole rings is 1. The maximum absolute atomic E-state index is 5.23. The van der Waals surface area contributed by atoms with Crippen molar-refractivity contribution >= 4 is 34.1 Å². The molecule has 28 heavy (non-hydrogen) atoms. The van der Waals surface area contributed by atoms with E-state index >= 15 is 0 Å². The summed E-state index contributed by atoms with van der Waals surface area (Å²) in [6, 6.07) is 15.7. The van der Waals surface area contributed by atoms with Crippen LogP contribution in [0, 0.1) is 0 Å². The Bertz CT molecular complexity index is 1130. The Morgan fingerprint density at radius 2 is 1.89 bits per heavy atom. The second-order valence-corrected chi connectivity index (χ2v) is 7.64. The molecule has 3 heterocycles. The highest BCUT2D eigenvalue weighted by molar-refractivity contribution is 7.14. The molecule has 5 nitrogen and oxygen atoms in total. The zero-order valence-corrected chi connectivity index (χ0v) is 16.8. The number of thiophene rings is 1. The molecule has 4 rings (SSSR count). The molecule has 0 unspecified atom stereocenters. The molecule has 0 aliphatic carbocycles. The summed E-state index contributed by atoms with van der Waals surface area (Å²) < 4.78 is 7.20. The summed E-state index contributed by atoms with van der Waals surface area (Å²) in [6.07, 6.45) is 3.51. The molecule has 0 spiro atoms. The number of hydrogen-bond acceptors (Lipinski definition) is 6. The van der Waals surface area contributed by atoms with Crippen molar-refractivity contribution in [3.05, 3.63) is 88.6 Å². The number of hydrogen-bond donors (Lipinski definition) is 1. The van der Waals surface area contributed by atoms with E-state index in [1.165, 1.54) is 0 Å². The second-order valence-electron chi connectivity index (χ2n) is 5.85. The van der Waals surface area contributed by atoms with E-state index in [1.54, 1.807) is 42.2 Å². The molecule has 0 bridgehead atoms. The van der Waals surface area contributed by atoms with Gasteiger partial charge in [0.25, 0.3) is 0 Å². The lowest BCUT2D eigenvalue weighted by Gasteiger charge is -2.13. The number of ether oxygens (including phenoxy) is 1. The lowest BCUT2D eigenvalue weighted by atomic mass is 10.2. The van der Waals surface area contributed by atoms with Crippen LogP contribution in [0.4, 0.5) is 5.69 Å². The van der Waals surface area contributed by atoms with Crippen LogP contribution in [0.15, 0.2) is 83.3 Å². The number of pyridine rings is 1. The summed E-state index contributed by atoms with van der Waals surface area (Å²) in [7, 11) is 1.65. The van der Waals surface area contributed by atoms with E-state index in [0.29, 0.717) is 0 Å². The fraction of sp³-hybridized carbons (Fsp3) is 0.0476. The Hall–Kier alpha value is -3.16. The smallest absolute Gasteiger partial charge is 0.209 e. The number of aromatic nitrogens is 2. The van der Waals surface area contributed by atoms with E-state index < -0.39 is 0 Å². The fourth-order valence-corrected chi connectivity index (χ4v) is 4.28. The first-order valence-electron chi connectivity index (χ1n) is 8.54. The van der Waals surface area contributed by atoms with Gasteiger partial charge in [-0.2, -0.15) is 0 Å². The number of methoxy groups -OCH3 is 1. The average Bonchev–Trinajstić information content (AvgIpc) is 3.40. The summed E-state index contributed by atoms with van der Waals surface area (Å²) in [5.41, 5.74) is 7.04. The van der Waals surface area contributed by atoms with E-state index in [4.69, 9.17) is 9.73 Å². The highest BCUT2D eigenvalue weighted by Gasteiger charge is 2.11. The predicted molar refractivity (Wildman–Crippen MR) is 116 cm³/mol. The summed E-state index contributed by atoms with van der Waals surface area (Å²) in [5.74, 6) is 0.807. The first kappa shape index (κ1) is 18.2. The minimum atomic E-state index is 0.773. The van der Waals surface area contributed by atoms with E-state index in [2.05, 4.69) is 33.8 Å². The molecule has 0 radical (unpaired) electrons. The molecule has 0 saturated carbocycles. The van der Waals surface area contributed by atoms with E-state index in [9.17, 15) is 0 Å². The lowest BCUT2D eigenvalue weighted by Crippen LogP contribution is -2.25. The minimum absolute atomic E-state index is 0.773. The Morgan fingerprint density at radius 1 is 1.11 bits per heavy atom. The van der Waals surface area contributed by atoms with Crippen molar-refractivity contribution in [1.82, 2.24) is 9.66 Å². The summed E-state index contributed by atoms with van der Waals surface area (Å²) >= 11 is 3.26. The highest BCUT2D eigenvalue weighted by atomic mass is 32.1. The van der Waals surface area contributed by atoms with Crippen molar-refractivity contribution in [3.63, 3.8) is 0 Å². The van der Waals surface area contributed by atoms with Crippen molar-refractivity contribution in [1.29, 1.82) is 0 Å². The van der Waals surface area contributed by atoms with Crippen LogP contribution in [0.1, 0.15) is 5.56 Å². The largest absolute Gasteiger partial charge is 0.497 e. The third-order valence-electron chi connectivity index (χ3n) is 4.05. The predicted octanol–water partition coefficient (Wildman–Crippen LogP) is 5.13. The number of nitrogens with zero attached hydrogens (tertiary/aromatic N) is 3. The Balaban J connectivity index is 1.76. The Labute approximate surface area is 170 Å². The van der Waals surface area contributed by atoms with E-state index in [-0.39, 0.29) is 0 Å². The zero-order chi connectivity index (χ0) is 19.3.